The number of hydrogen-bond donors (Lipinski definition) is 1. The molecule has 1 atom stereocenters. The standard InChI is InChI=1S/C22H17ClF3N5O2/c1-13(14-5-7-16(23)8-6-14)29-19(32)11-30-12-27-20-18(21(30)33)10-28-31(20)17-4-2-3-15(9-17)22(24,25)26/h2-10,12-13H,11H2,1H3,(H,29,32). The van der Waals surface area contributed by atoms with Gasteiger partial charge in [-0.25, -0.2) is 9.67 Å². The number of carbonyl (C=O) groups is 1. The predicted molar refractivity (Wildman–Crippen MR) is 116 cm³/mol. The Bertz CT molecular complexity index is 1380. The van der Waals surface area contributed by atoms with Crippen molar-refractivity contribution >= 4 is 28.5 Å². The molecule has 4 rings (SSSR count). The van der Waals surface area contributed by atoms with E-state index in [2.05, 4.69) is 15.4 Å². The highest BCUT2D eigenvalue weighted by Gasteiger charge is 2.30. The molecule has 0 aliphatic heterocycles. The number of nitrogens with zero attached hydrogens (tertiary/aromatic N) is 4. The topological polar surface area (TPSA) is 81.8 Å². The van der Waals surface area contributed by atoms with Crippen LogP contribution in [0.25, 0.3) is 16.7 Å². The smallest absolute Gasteiger partial charge is 0.348 e. The molecule has 1 amide bonds. The lowest BCUT2D eigenvalue weighted by molar-refractivity contribution is -0.137. The average molecular weight is 476 g/mol. The van der Waals surface area contributed by atoms with Gasteiger partial charge in [-0.05, 0) is 42.8 Å². The summed E-state index contributed by atoms with van der Waals surface area (Å²) in [6.45, 7) is 1.51. The zero-order chi connectivity index (χ0) is 23.8. The van der Waals surface area contributed by atoms with Crippen LogP contribution in [0, 0.1) is 0 Å². The Balaban J connectivity index is 1.56. The zero-order valence-electron chi connectivity index (χ0n) is 17.2. The molecule has 0 fully saturated rings. The number of benzene rings is 2. The van der Waals surface area contributed by atoms with Gasteiger partial charge in [-0.3, -0.25) is 14.2 Å². The largest absolute Gasteiger partial charge is 0.416 e. The van der Waals surface area contributed by atoms with Crippen LogP contribution in [0.4, 0.5) is 13.2 Å². The van der Waals surface area contributed by atoms with Gasteiger partial charge in [0, 0.05) is 5.02 Å². The second-order valence-corrected chi connectivity index (χ2v) is 7.80. The number of hydrogen-bond acceptors (Lipinski definition) is 4. The van der Waals surface area contributed by atoms with Crippen molar-refractivity contribution in [1.29, 1.82) is 0 Å². The molecule has 0 saturated heterocycles. The molecule has 0 radical (unpaired) electrons. The van der Waals surface area contributed by atoms with Gasteiger partial charge >= 0.3 is 6.18 Å². The van der Waals surface area contributed by atoms with Crippen LogP contribution in [0.15, 0.2) is 65.8 Å². The van der Waals surface area contributed by atoms with Crippen LogP contribution in [0.5, 0.6) is 0 Å². The summed E-state index contributed by atoms with van der Waals surface area (Å²) in [7, 11) is 0. The second kappa shape index (κ2) is 8.70. The van der Waals surface area contributed by atoms with Gasteiger partial charge in [0.1, 0.15) is 18.3 Å². The summed E-state index contributed by atoms with van der Waals surface area (Å²) >= 11 is 5.87. The molecule has 1 unspecified atom stereocenters. The van der Waals surface area contributed by atoms with Crippen LogP contribution in [-0.4, -0.2) is 25.2 Å². The highest BCUT2D eigenvalue weighted by atomic mass is 35.5. The van der Waals surface area contributed by atoms with Gasteiger partial charge < -0.3 is 5.32 Å². The van der Waals surface area contributed by atoms with E-state index in [0.29, 0.717) is 5.02 Å². The first-order valence-electron chi connectivity index (χ1n) is 9.79. The second-order valence-electron chi connectivity index (χ2n) is 7.36. The van der Waals surface area contributed by atoms with Gasteiger partial charge in [0.05, 0.1) is 23.5 Å². The van der Waals surface area contributed by atoms with E-state index < -0.39 is 23.2 Å². The Labute approximate surface area is 190 Å². The Morgan fingerprint density at radius 3 is 2.61 bits per heavy atom. The Morgan fingerprint density at radius 1 is 1.18 bits per heavy atom. The molecule has 0 aliphatic carbocycles. The van der Waals surface area contributed by atoms with Crippen molar-refractivity contribution in [1.82, 2.24) is 24.6 Å². The minimum Gasteiger partial charge on any atom is -0.348 e. The van der Waals surface area contributed by atoms with Gasteiger partial charge in [0.25, 0.3) is 5.56 Å². The van der Waals surface area contributed by atoms with E-state index in [-0.39, 0.29) is 29.3 Å². The fourth-order valence-corrected chi connectivity index (χ4v) is 3.47. The van der Waals surface area contributed by atoms with Crippen LogP contribution in [0.1, 0.15) is 24.1 Å². The van der Waals surface area contributed by atoms with E-state index in [1.165, 1.54) is 24.7 Å². The third kappa shape index (κ3) is 4.75. The maximum Gasteiger partial charge on any atom is 0.416 e. The number of amides is 1. The lowest BCUT2D eigenvalue weighted by Crippen LogP contribution is -2.33. The highest BCUT2D eigenvalue weighted by Crippen LogP contribution is 2.30. The molecule has 1 N–H and O–H groups in total. The number of fused-ring (bicyclic) bond motifs is 1. The maximum atomic E-state index is 13.0. The minimum atomic E-state index is -4.52. The molecule has 2 heterocycles. The fraction of sp³-hybridized carbons (Fsp3) is 0.182. The summed E-state index contributed by atoms with van der Waals surface area (Å²) in [5.74, 6) is -0.411. The zero-order valence-corrected chi connectivity index (χ0v) is 17.9. The van der Waals surface area contributed by atoms with Crippen LogP contribution >= 0.6 is 11.6 Å². The molecular weight excluding hydrogens is 459 g/mol. The van der Waals surface area contributed by atoms with Gasteiger partial charge in [0.15, 0.2) is 5.65 Å². The monoisotopic (exact) mass is 475 g/mol. The molecule has 2 aromatic heterocycles. The summed E-state index contributed by atoms with van der Waals surface area (Å²) in [6, 6.07) is 11.2. The van der Waals surface area contributed by atoms with Gasteiger partial charge in [-0.15, -0.1) is 0 Å². The summed E-state index contributed by atoms with van der Waals surface area (Å²) in [5.41, 5.74) is -0.337. The average Bonchev–Trinajstić information content (AvgIpc) is 3.20. The first-order valence-corrected chi connectivity index (χ1v) is 10.2. The SMILES string of the molecule is CC(NC(=O)Cn1cnc2c(cnn2-c2cccc(C(F)(F)F)c2)c1=O)c1ccc(Cl)cc1. The van der Waals surface area contributed by atoms with E-state index in [1.807, 2.05) is 0 Å². The molecule has 33 heavy (non-hydrogen) atoms. The Kier molecular flexibility index (Phi) is 5.94. The Hall–Kier alpha value is -3.66. The first kappa shape index (κ1) is 22.5. The third-order valence-electron chi connectivity index (χ3n) is 5.03. The van der Waals surface area contributed by atoms with Gasteiger partial charge in [0.2, 0.25) is 5.91 Å². The van der Waals surface area contributed by atoms with Crippen LogP contribution in [-0.2, 0) is 17.5 Å². The van der Waals surface area contributed by atoms with Crippen molar-refractivity contribution in [3.8, 4) is 5.69 Å². The number of halogens is 4. The maximum absolute atomic E-state index is 13.0. The summed E-state index contributed by atoms with van der Waals surface area (Å²) in [4.78, 5) is 29.4. The molecule has 170 valence electrons. The van der Waals surface area contributed by atoms with E-state index in [0.717, 1.165) is 26.9 Å². The molecular formula is C22H17ClF3N5O2. The van der Waals surface area contributed by atoms with E-state index in [4.69, 9.17) is 11.6 Å². The summed E-state index contributed by atoms with van der Waals surface area (Å²) in [5, 5.41) is 7.48. The van der Waals surface area contributed by atoms with Gasteiger partial charge in [-0.2, -0.15) is 18.3 Å². The van der Waals surface area contributed by atoms with Crippen molar-refractivity contribution in [2.24, 2.45) is 0 Å². The van der Waals surface area contributed by atoms with Crippen molar-refractivity contribution in [3.05, 3.63) is 87.6 Å². The van der Waals surface area contributed by atoms with E-state index in [1.54, 1.807) is 31.2 Å². The molecule has 11 heteroatoms. The van der Waals surface area contributed by atoms with Crippen LogP contribution in [0.2, 0.25) is 5.02 Å². The Morgan fingerprint density at radius 2 is 1.91 bits per heavy atom. The molecule has 0 aliphatic rings. The minimum absolute atomic E-state index is 0.0773. The predicted octanol–water partition coefficient (Wildman–Crippen LogP) is 4.13. The number of nitrogens with one attached hydrogen (secondary N) is 1. The number of alkyl halides is 3. The van der Waals surface area contributed by atoms with Gasteiger partial charge in [-0.1, -0.05) is 29.8 Å². The van der Waals surface area contributed by atoms with E-state index >= 15 is 0 Å². The van der Waals surface area contributed by atoms with Crippen molar-refractivity contribution < 1.29 is 18.0 Å². The number of aromatic nitrogens is 4. The molecule has 7 nitrogen and oxygen atoms in total. The van der Waals surface area contributed by atoms with Crippen LogP contribution in [0.3, 0.4) is 0 Å². The highest BCUT2D eigenvalue weighted by molar-refractivity contribution is 6.30. The van der Waals surface area contributed by atoms with Crippen molar-refractivity contribution in [2.45, 2.75) is 25.7 Å². The summed E-state index contributed by atoms with van der Waals surface area (Å²) < 4.78 is 41.4. The first-order chi connectivity index (χ1) is 15.6. The number of rotatable bonds is 5. The van der Waals surface area contributed by atoms with Crippen molar-refractivity contribution in [2.75, 3.05) is 0 Å². The quantitative estimate of drug-likeness (QED) is 0.470. The van der Waals surface area contributed by atoms with E-state index in [9.17, 15) is 22.8 Å². The lowest BCUT2D eigenvalue weighted by Gasteiger charge is -2.15. The number of carbonyl (C=O) groups excluding carboxylic acids is 1. The molecule has 0 saturated carbocycles. The summed E-state index contributed by atoms with van der Waals surface area (Å²) in [6.07, 6.45) is -2.13. The molecule has 4 aromatic rings. The normalized spacial score (nSPS) is 12.6. The molecule has 0 spiro atoms. The molecule has 0 bridgehead atoms. The molecule has 2 aromatic carbocycles. The lowest BCUT2D eigenvalue weighted by atomic mass is 10.1. The fourth-order valence-electron chi connectivity index (χ4n) is 3.34. The van der Waals surface area contributed by atoms with Crippen LogP contribution < -0.4 is 10.9 Å². The van der Waals surface area contributed by atoms with Crippen molar-refractivity contribution in [3.63, 3.8) is 0 Å². The third-order valence-corrected chi connectivity index (χ3v) is 5.29.